The summed E-state index contributed by atoms with van der Waals surface area (Å²) in [4.78, 5) is 15.6. The third kappa shape index (κ3) is 5.72. The van der Waals surface area contributed by atoms with Crippen LogP contribution in [0.15, 0.2) is 59.8 Å². The highest BCUT2D eigenvalue weighted by Gasteiger charge is 2.39. The molecule has 37 heavy (non-hydrogen) atoms. The predicted molar refractivity (Wildman–Crippen MR) is 140 cm³/mol. The predicted octanol–water partition coefficient (Wildman–Crippen LogP) is 6.45. The molecule has 2 N–H and O–H groups in total. The number of halogens is 5. The minimum Gasteiger partial charge on any atom is -0.370 e. The van der Waals surface area contributed by atoms with Crippen LogP contribution in [-0.2, 0) is 11.0 Å². The Morgan fingerprint density at radius 2 is 1.89 bits per heavy atom. The number of likely N-dealkylation sites (N-methyl/N-ethyl adjacent to an activating group) is 1. The first kappa shape index (κ1) is 26.9. The smallest absolute Gasteiger partial charge is 0.370 e. The van der Waals surface area contributed by atoms with E-state index in [1.807, 2.05) is 32.0 Å². The molecule has 2 heterocycles. The molecule has 1 aliphatic rings. The fourth-order valence-corrected chi connectivity index (χ4v) is 4.70. The van der Waals surface area contributed by atoms with Gasteiger partial charge >= 0.3 is 6.18 Å². The normalized spacial score (nSPS) is 15.3. The summed E-state index contributed by atoms with van der Waals surface area (Å²) in [6.07, 6.45) is -4.65. The van der Waals surface area contributed by atoms with Gasteiger partial charge in [0.1, 0.15) is 11.9 Å². The number of carbonyl (C=O) groups is 1. The van der Waals surface area contributed by atoms with Gasteiger partial charge in [-0.1, -0.05) is 41.4 Å². The average Bonchev–Trinajstić information content (AvgIpc) is 3.27. The van der Waals surface area contributed by atoms with Gasteiger partial charge in [0, 0.05) is 37.1 Å². The Balaban J connectivity index is 1.63. The summed E-state index contributed by atoms with van der Waals surface area (Å²) < 4.78 is 41.6. The first-order valence-corrected chi connectivity index (χ1v) is 12.4. The van der Waals surface area contributed by atoms with Crippen molar-refractivity contribution in [2.75, 3.05) is 29.9 Å². The summed E-state index contributed by atoms with van der Waals surface area (Å²) in [6.45, 7) is 7.31. The molecule has 1 aromatic heterocycles. The number of anilines is 2. The zero-order valence-electron chi connectivity index (χ0n) is 20.5. The number of aromatic nitrogens is 2. The molecular formula is C26H26Cl2F3N5O. The van der Waals surface area contributed by atoms with Crippen LogP contribution >= 0.6 is 23.2 Å². The molecule has 0 bridgehead atoms. The third-order valence-electron chi connectivity index (χ3n) is 6.18. The van der Waals surface area contributed by atoms with Crippen LogP contribution in [0.4, 0.5) is 24.7 Å². The summed E-state index contributed by atoms with van der Waals surface area (Å²) in [5.74, 6) is -0.301. The molecule has 1 amide bonds. The number of carbonyl (C=O) groups excluding carboxylic acids is 1. The van der Waals surface area contributed by atoms with Gasteiger partial charge in [0.05, 0.1) is 15.6 Å². The van der Waals surface area contributed by atoms with Crippen molar-refractivity contribution in [3.05, 3.63) is 86.7 Å². The number of hydrogen-bond donors (Lipinski definition) is 2. The number of benzene rings is 2. The number of fused-ring (bicyclic) bond motifs is 1. The number of nitrogens with one attached hydrogen (secondary N) is 2. The van der Waals surface area contributed by atoms with Crippen molar-refractivity contribution in [1.82, 2.24) is 15.1 Å². The van der Waals surface area contributed by atoms with E-state index in [9.17, 15) is 18.0 Å². The van der Waals surface area contributed by atoms with Crippen molar-refractivity contribution < 1.29 is 18.0 Å². The number of hydrogen-bond acceptors (Lipinski definition) is 4. The van der Waals surface area contributed by atoms with E-state index in [1.165, 1.54) is 6.07 Å². The fraction of sp³-hybridized carbons (Fsp3) is 0.308. The van der Waals surface area contributed by atoms with Crippen molar-refractivity contribution in [1.29, 1.82) is 0 Å². The van der Waals surface area contributed by atoms with Crippen LogP contribution in [0, 0.1) is 6.92 Å². The Morgan fingerprint density at radius 3 is 2.54 bits per heavy atom. The third-order valence-corrected chi connectivity index (χ3v) is 6.92. The maximum atomic E-state index is 13.5. The molecule has 11 heteroatoms. The largest absolute Gasteiger partial charge is 0.435 e. The lowest BCUT2D eigenvalue weighted by molar-refractivity contribution is -0.141. The quantitative estimate of drug-likeness (QED) is 0.354. The van der Waals surface area contributed by atoms with Crippen LogP contribution in [-0.4, -0.2) is 35.3 Å². The topological polar surface area (TPSA) is 62.2 Å². The standard InChI is InChI=1S/C26H26Cl2F3N5O/c1-4-35(18-7-5-6-15(2)12-18)11-10-32-25(37)23-16(3)33-22-14-21(26(29,30)31)34-36(22)24(23)17-8-9-19(27)20(28)13-17/h5-9,12-14,24,33H,4,10-11H2,1-3H3,(H,32,37). The van der Waals surface area contributed by atoms with E-state index in [0.29, 0.717) is 29.4 Å². The number of allylic oxidation sites excluding steroid dienone is 1. The van der Waals surface area contributed by atoms with Gasteiger partial charge in [-0.25, -0.2) is 4.68 Å². The van der Waals surface area contributed by atoms with E-state index in [4.69, 9.17) is 23.2 Å². The summed E-state index contributed by atoms with van der Waals surface area (Å²) in [7, 11) is 0. The second kappa shape index (κ2) is 10.7. The Kier molecular flexibility index (Phi) is 7.75. The number of amides is 1. The Hall–Kier alpha value is -3.17. The summed E-state index contributed by atoms with van der Waals surface area (Å²) >= 11 is 12.3. The molecule has 196 valence electrons. The lowest BCUT2D eigenvalue weighted by Crippen LogP contribution is -2.39. The van der Waals surface area contributed by atoms with Crippen LogP contribution in [0.3, 0.4) is 0 Å². The second-order valence-electron chi connectivity index (χ2n) is 8.77. The molecular weight excluding hydrogens is 526 g/mol. The fourth-order valence-electron chi connectivity index (χ4n) is 4.39. The maximum absolute atomic E-state index is 13.5. The number of alkyl halides is 3. The Bertz CT molecular complexity index is 1350. The van der Waals surface area contributed by atoms with Crippen molar-refractivity contribution >= 4 is 40.6 Å². The van der Waals surface area contributed by atoms with Crippen molar-refractivity contribution in [3.8, 4) is 0 Å². The van der Waals surface area contributed by atoms with E-state index in [0.717, 1.165) is 28.5 Å². The molecule has 1 atom stereocenters. The second-order valence-corrected chi connectivity index (χ2v) is 9.59. The summed E-state index contributed by atoms with van der Waals surface area (Å²) in [5, 5.41) is 10.1. The number of nitrogens with zero attached hydrogens (tertiary/aromatic N) is 3. The average molecular weight is 552 g/mol. The number of rotatable bonds is 7. The van der Waals surface area contributed by atoms with Gasteiger partial charge in [-0.2, -0.15) is 18.3 Å². The van der Waals surface area contributed by atoms with Gasteiger partial charge in [-0.3, -0.25) is 4.79 Å². The molecule has 0 fully saturated rings. The Labute approximate surface area is 223 Å². The molecule has 2 aromatic carbocycles. The molecule has 0 aliphatic carbocycles. The molecule has 3 aromatic rings. The van der Waals surface area contributed by atoms with E-state index in [2.05, 4.69) is 26.7 Å². The number of aryl methyl sites for hydroxylation is 1. The van der Waals surface area contributed by atoms with Gasteiger partial charge in [-0.15, -0.1) is 0 Å². The molecule has 0 radical (unpaired) electrons. The van der Waals surface area contributed by atoms with Crippen molar-refractivity contribution in [2.24, 2.45) is 0 Å². The van der Waals surface area contributed by atoms with E-state index in [-0.39, 0.29) is 16.4 Å². The van der Waals surface area contributed by atoms with E-state index >= 15 is 0 Å². The van der Waals surface area contributed by atoms with Crippen LogP contribution in [0.25, 0.3) is 0 Å². The highest BCUT2D eigenvalue weighted by atomic mass is 35.5. The van der Waals surface area contributed by atoms with Gasteiger partial charge in [0.15, 0.2) is 5.69 Å². The first-order chi connectivity index (χ1) is 17.5. The van der Waals surface area contributed by atoms with Gasteiger partial charge in [-0.05, 0) is 56.2 Å². The molecule has 4 rings (SSSR count). The van der Waals surface area contributed by atoms with Gasteiger partial charge in [0.25, 0.3) is 5.91 Å². The highest BCUT2D eigenvalue weighted by molar-refractivity contribution is 6.42. The molecule has 0 saturated heterocycles. The zero-order valence-corrected chi connectivity index (χ0v) is 22.0. The van der Waals surface area contributed by atoms with Crippen molar-refractivity contribution in [3.63, 3.8) is 0 Å². The van der Waals surface area contributed by atoms with Crippen LogP contribution in [0.1, 0.15) is 36.7 Å². The Morgan fingerprint density at radius 1 is 1.14 bits per heavy atom. The molecule has 0 saturated carbocycles. The van der Waals surface area contributed by atoms with Crippen molar-refractivity contribution in [2.45, 2.75) is 33.0 Å². The summed E-state index contributed by atoms with van der Waals surface area (Å²) in [6, 6.07) is 12.8. The van der Waals surface area contributed by atoms with Crippen LogP contribution in [0.2, 0.25) is 10.0 Å². The minimum atomic E-state index is -4.65. The lowest BCUT2D eigenvalue weighted by atomic mass is 9.95. The molecule has 1 aliphatic heterocycles. The van der Waals surface area contributed by atoms with E-state index in [1.54, 1.807) is 19.1 Å². The zero-order chi connectivity index (χ0) is 26.9. The molecule has 1 unspecified atom stereocenters. The summed E-state index contributed by atoms with van der Waals surface area (Å²) in [5.41, 5.74) is 2.24. The van der Waals surface area contributed by atoms with Gasteiger partial charge in [0.2, 0.25) is 0 Å². The van der Waals surface area contributed by atoms with E-state index < -0.39 is 23.8 Å². The van der Waals surface area contributed by atoms with Crippen LogP contribution < -0.4 is 15.5 Å². The highest BCUT2D eigenvalue weighted by Crippen LogP contribution is 2.40. The monoisotopic (exact) mass is 551 g/mol. The maximum Gasteiger partial charge on any atom is 0.435 e. The van der Waals surface area contributed by atoms with Gasteiger partial charge < -0.3 is 15.5 Å². The van der Waals surface area contributed by atoms with Crippen LogP contribution in [0.5, 0.6) is 0 Å². The lowest BCUT2D eigenvalue weighted by Gasteiger charge is -2.30. The SMILES string of the molecule is CCN(CCNC(=O)C1=C(C)Nc2cc(C(F)(F)F)nn2C1c1ccc(Cl)c(Cl)c1)c1cccc(C)c1. The molecule has 0 spiro atoms. The minimum absolute atomic E-state index is 0.119. The first-order valence-electron chi connectivity index (χ1n) is 11.7. The molecule has 6 nitrogen and oxygen atoms in total.